The molecule has 1 aliphatic carbocycles. The molecule has 2 aromatic heterocycles. The molecule has 4 rings (SSSR count). The number of aromatic nitrogens is 4. The Morgan fingerprint density at radius 3 is 2.69 bits per heavy atom. The number of halogens is 3. The summed E-state index contributed by atoms with van der Waals surface area (Å²) in [4.78, 5) is 4.54. The van der Waals surface area contributed by atoms with E-state index in [0.29, 0.717) is 47.0 Å². The Morgan fingerprint density at radius 2 is 2.00 bits per heavy atom. The molecule has 0 fully saturated rings. The van der Waals surface area contributed by atoms with Crippen LogP contribution >= 0.6 is 0 Å². The van der Waals surface area contributed by atoms with Crippen molar-refractivity contribution in [3.05, 3.63) is 58.2 Å². The van der Waals surface area contributed by atoms with Crippen molar-refractivity contribution in [2.45, 2.75) is 32.9 Å². The van der Waals surface area contributed by atoms with Crippen LogP contribution in [0.25, 0.3) is 23.2 Å². The van der Waals surface area contributed by atoms with Gasteiger partial charge in [0, 0.05) is 24.7 Å². The first-order valence-corrected chi connectivity index (χ1v) is 9.44. The molecule has 152 valence electrons. The number of benzene rings is 1. The zero-order valence-electron chi connectivity index (χ0n) is 16.5. The number of alkyl halides is 1. The molecule has 0 radical (unpaired) electrons. The SMILES string of the molecule is Cc1nc(-c2ccc(CCN)c(F)c2)n(C2=Cc3c(nn(C)c3F)CC2F)c1C. The Kier molecular flexibility index (Phi) is 4.82. The smallest absolute Gasteiger partial charge is 0.218 e. The lowest BCUT2D eigenvalue weighted by Gasteiger charge is -2.21. The number of allylic oxidation sites excluding steroid dienone is 1. The van der Waals surface area contributed by atoms with Crippen molar-refractivity contribution in [3.63, 3.8) is 0 Å². The maximum absolute atomic E-state index is 15.1. The molecular weight excluding hydrogens is 379 g/mol. The molecule has 2 N–H and O–H groups in total. The Balaban J connectivity index is 1.88. The van der Waals surface area contributed by atoms with Crippen LogP contribution < -0.4 is 5.73 Å². The lowest BCUT2D eigenvalue weighted by Crippen LogP contribution is -2.19. The summed E-state index contributed by atoms with van der Waals surface area (Å²) in [5.41, 5.74) is 8.89. The minimum atomic E-state index is -1.38. The molecule has 5 nitrogen and oxygen atoms in total. The number of rotatable bonds is 4. The summed E-state index contributed by atoms with van der Waals surface area (Å²) >= 11 is 0. The van der Waals surface area contributed by atoms with Crippen LogP contribution in [0, 0.1) is 25.6 Å². The molecule has 0 bridgehead atoms. The van der Waals surface area contributed by atoms with Gasteiger partial charge < -0.3 is 5.73 Å². The van der Waals surface area contributed by atoms with Crippen LogP contribution in [0.3, 0.4) is 0 Å². The van der Waals surface area contributed by atoms with Crippen LogP contribution in [0.2, 0.25) is 0 Å². The van der Waals surface area contributed by atoms with Gasteiger partial charge in [-0.1, -0.05) is 12.1 Å². The normalized spacial score (nSPS) is 16.1. The first-order valence-electron chi connectivity index (χ1n) is 9.44. The molecule has 29 heavy (non-hydrogen) atoms. The first-order chi connectivity index (χ1) is 13.8. The van der Waals surface area contributed by atoms with Gasteiger partial charge in [0.05, 0.1) is 22.6 Å². The van der Waals surface area contributed by atoms with Gasteiger partial charge in [-0.2, -0.15) is 9.49 Å². The van der Waals surface area contributed by atoms with Gasteiger partial charge in [0.1, 0.15) is 17.8 Å². The van der Waals surface area contributed by atoms with Crippen LogP contribution in [0.15, 0.2) is 18.2 Å². The molecule has 0 saturated heterocycles. The van der Waals surface area contributed by atoms with Crippen LogP contribution in [-0.4, -0.2) is 32.0 Å². The van der Waals surface area contributed by atoms with Gasteiger partial charge in [-0.15, -0.1) is 0 Å². The topological polar surface area (TPSA) is 61.7 Å². The highest BCUT2D eigenvalue weighted by Gasteiger charge is 2.30. The van der Waals surface area contributed by atoms with E-state index in [2.05, 4.69) is 10.1 Å². The van der Waals surface area contributed by atoms with E-state index in [0.717, 1.165) is 4.68 Å². The van der Waals surface area contributed by atoms with Gasteiger partial charge in [0.2, 0.25) is 5.95 Å². The molecule has 3 aromatic rings. The fraction of sp³-hybridized carbons (Fsp3) is 0.333. The fourth-order valence-electron chi connectivity index (χ4n) is 3.75. The third-order valence-corrected chi connectivity index (χ3v) is 5.40. The third-order valence-electron chi connectivity index (χ3n) is 5.40. The van der Waals surface area contributed by atoms with Crippen LogP contribution in [-0.2, 0) is 19.9 Å². The first kappa shape index (κ1) is 19.4. The molecule has 2 heterocycles. The average molecular weight is 401 g/mol. The van der Waals surface area contributed by atoms with E-state index >= 15 is 4.39 Å². The van der Waals surface area contributed by atoms with Crippen molar-refractivity contribution in [1.82, 2.24) is 19.3 Å². The maximum Gasteiger partial charge on any atom is 0.218 e. The predicted octanol–water partition coefficient (Wildman–Crippen LogP) is 3.57. The molecule has 1 aliphatic rings. The Labute approximate surface area is 166 Å². The summed E-state index contributed by atoms with van der Waals surface area (Å²) in [6, 6.07) is 4.80. The molecule has 0 aliphatic heterocycles. The van der Waals surface area contributed by atoms with Gasteiger partial charge in [-0.05, 0) is 44.5 Å². The largest absolute Gasteiger partial charge is 0.330 e. The Hall–Kier alpha value is -2.87. The highest BCUT2D eigenvalue weighted by Crippen LogP contribution is 2.35. The molecule has 8 heteroatoms. The van der Waals surface area contributed by atoms with Crippen LogP contribution in [0.4, 0.5) is 13.2 Å². The second kappa shape index (κ2) is 7.18. The number of hydrogen-bond donors (Lipinski definition) is 1. The standard InChI is InChI=1S/C21H22F3N5/c1-11-12(2)29(19-9-15-18(10-17(19)23)27-28(3)20(15)24)21(26-11)14-5-4-13(6-7-25)16(22)8-14/h4-5,8-9,17H,6-7,10,25H2,1-3H3. The summed E-state index contributed by atoms with van der Waals surface area (Å²) in [6.07, 6.45) is 0.491. The van der Waals surface area contributed by atoms with Crippen molar-refractivity contribution in [2.24, 2.45) is 12.8 Å². The number of nitrogens with zero attached hydrogens (tertiary/aromatic N) is 4. The number of aryl methyl sites for hydroxylation is 2. The lowest BCUT2D eigenvalue weighted by atomic mass is 9.99. The van der Waals surface area contributed by atoms with E-state index < -0.39 is 12.1 Å². The minimum Gasteiger partial charge on any atom is -0.330 e. The summed E-state index contributed by atoms with van der Waals surface area (Å²) in [5.74, 6) is -0.481. The Bertz CT molecular complexity index is 1130. The van der Waals surface area contributed by atoms with Crippen LogP contribution in [0.1, 0.15) is 28.2 Å². The number of nitrogens with two attached hydrogens (primary N) is 1. The van der Waals surface area contributed by atoms with Gasteiger partial charge in [0.25, 0.3) is 0 Å². The molecule has 0 saturated carbocycles. The van der Waals surface area contributed by atoms with Crippen molar-refractivity contribution >= 4 is 11.8 Å². The zero-order valence-corrected chi connectivity index (χ0v) is 16.5. The average Bonchev–Trinajstić information content (AvgIpc) is 3.12. The molecule has 1 atom stereocenters. The summed E-state index contributed by atoms with van der Waals surface area (Å²) in [6.45, 7) is 3.97. The summed E-state index contributed by atoms with van der Waals surface area (Å²) < 4.78 is 46.8. The highest BCUT2D eigenvalue weighted by molar-refractivity contribution is 5.80. The molecular formula is C21H22F3N5. The van der Waals surface area contributed by atoms with E-state index in [4.69, 9.17) is 5.73 Å². The molecule has 0 spiro atoms. The van der Waals surface area contributed by atoms with Gasteiger partial charge in [0.15, 0.2) is 0 Å². The monoisotopic (exact) mass is 401 g/mol. The summed E-state index contributed by atoms with van der Waals surface area (Å²) in [5, 5.41) is 4.05. The molecule has 1 unspecified atom stereocenters. The minimum absolute atomic E-state index is 0.0289. The van der Waals surface area contributed by atoms with E-state index in [1.165, 1.54) is 19.2 Å². The maximum atomic E-state index is 15.1. The predicted molar refractivity (Wildman–Crippen MR) is 106 cm³/mol. The van der Waals surface area contributed by atoms with Crippen molar-refractivity contribution in [2.75, 3.05) is 6.54 Å². The quantitative estimate of drug-likeness (QED) is 0.727. The molecule has 1 aromatic carbocycles. The highest BCUT2D eigenvalue weighted by atomic mass is 19.1. The van der Waals surface area contributed by atoms with Gasteiger partial charge in [-0.3, -0.25) is 4.57 Å². The van der Waals surface area contributed by atoms with E-state index in [1.807, 2.05) is 6.92 Å². The number of imidazole rings is 1. The van der Waals surface area contributed by atoms with Gasteiger partial charge >= 0.3 is 0 Å². The molecule has 0 amide bonds. The zero-order chi connectivity index (χ0) is 20.9. The van der Waals surface area contributed by atoms with Gasteiger partial charge in [-0.25, -0.2) is 18.4 Å². The number of fused-ring (bicyclic) bond motifs is 1. The number of hydrogen-bond acceptors (Lipinski definition) is 3. The lowest BCUT2D eigenvalue weighted by molar-refractivity contribution is 0.394. The third kappa shape index (κ3) is 3.17. The second-order valence-electron chi connectivity index (χ2n) is 7.30. The van der Waals surface area contributed by atoms with Crippen LogP contribution in [0.5, 0.6) is 0 Å². The van der Waals surface area contributed by atoms with Crippen molar-refractivity contribution in [1.29, 1.82) is 0 Å². The Morgan fingerprint density at radius 1 is 1.24 bits per heavy atom. The fourth-order valence-corrected chi connectivity index (χ4v) is 3.75. The van der Waals surface area contributed by atoms with Crippen molar-refractivity contribution < 1.29 is 13.2 Å². The van der Waals surface area contributed by atoms with E-state index in [9.17, 15) is 8.78 Å². The van der Waals surface area contributed by atoms with E-state index in [-0.39, 0.29) is 23.5 Å². The second-order valence-corrected chi connectivity index (χ2v) is 7.30. The summed E-state index contributed by atoms with van der Waals surface area (Å²) in [7, 11) is 1.48. The van der Waals surface area contributed by atoms with E-state index in [1.54, 1.807) is 23.6 Å². The van der Waals surface area contributed by atoms with Crippen molar-refractivity contribution in [3.8, 4) is 11.4 Å².